The highest BCUT2D eigenvalue weighted by Crippen LogP contribution is 2.18. The van der Waals surface area contributed by atoms with E-state index in [0.717, 1.165) is 37.6 Å². The van der Waals surface area contributed by atoms with Crippen molar-refractivity contribution in [3.05, 3.63) is 59.9 Å². The van der Waals surface area contributed by atoms with Crippen LogP contribution in [0.5, 0.6) is 0 Å². The van der Waals surface area contributed by atoms with Gasteiger partial charge in [-0.15, -0.1) is 0 Å². The molecule has 1 fully saturated rings. The minimum atomic E-state index is -0.223. The summed E-state index contributed by atoms with van der Waals surface area (Å²) in [4.78, 5) is 4.30. The topological polar surface area (TPSA) is 42.3 Å². The number of para-hydroxylation sites is 1. The van der Waals surface area contributed by atoms with Crippen LogP contribution in [0.3, 0.4) is 0 Å². The van der Waals surface area contributed by atoms with E-state index >= 15 is 0 Å². The van der Waals surface area contributed by atoms with E-state index < -0.39 is 0 Å². The smallest absolute Gasteiger partial charge is 0.173 e. The van der Waals surface area contributed by atoms with Crippen LogP contribution >= 0.6 is 12.2 Å². The number of halogens is 1. The van der Waals surface area contributed by atoms with E-state index in [2.05, 4.69) is 21.2 Å². The lowest BCUT2D eigenvalue weighted by Gasteiger charge is -2.37. The van der Waals surface area contributed by atoms with Crippen LogP contribution in [0.15, 0.2) is 48.5 Å². The summed E-state index contributed by atoms with van der Waals surface area (Å²) in [5.41, 5.74) is 2.32. The molecule has 1 N–H and O–H groups in total. The van der Waals surface area contributed by atoms with Crippen molar-refractivity contribution in [2.45, 2.75) is 0 Å². The molecule has 0 amide bonds. The van der Waals surface area contributed by atoms with Crippen molar-refractivity contribution in [1.82, 2.24) is 4.90 Å². The van der Waals surface area contributed by atoms with E-state index in [9.17, 15) is 4.39 Å². The molecule has 4 nitrogen and oxygen atoms in total. The Hall–Kier alpha value is -2.65. The molecule has 1 aliphatic rings. The number of rotatable bonds is 2. The third kappa shape index (κ3) is 3.63. The molecule has 0 radical (unpaired) electrons. The van der Waals surface area contributed by atoms with Crippen molar-refractivity contribution in [2.24, 2.45) is 0 Å². The van der Waals surface area contributed by atoms with Gasteiger partial charge in [-0.2, -0.15) is 5.26 Å². The molecule has 1 saturated heterocycles. The Morgan fingerprint density at radius 3 is 2.38 bits per heavy atom. The van der Waals surface area contributed by atoms with Gasteiger partial charge in [0.2, 0.25) is 0 Å². The summed E-state index contributed by atoms with van der Waals surface area (Å²) in [6, 6.07) is 16.0. The number of piperazine rings is 1. The fraction of sp³-hybridized carbons (Fsp3) is 0.222. The minimum absolute atomic E-state index is 0.223. The highest BCUT2D eigenvalue weighted by atomic mass is 32.1. The van der Waals surface area contributed by atoms with Crippen molar-refractivity contribution < 1.29 is 4.39 Å². The zero-order valence-corrected chi connectivity index (χ0v) is 13.9. The third-order valence-electron chi connectivity index (χ3n) is 4.05. The average molecular weight is 340 g/mol. The number of nitriles is 1. The van der Waals surface area contributed by atoms with E-state index in [1.165, 1.54) is 12.1 Å². The first kappa shape index (κ1) is 16.2. The quantitative estimate of drug-likeness (QED) is 0.850. The summed E-state index contributed by atoms with van der Waals surface area (Å²) in [6.45, 7) is 3.18. The number of benzene rings is 2. The number of thiocarbonyl (C=S) groups is 1. The fourth-order valence-electron chi connectivity index (χ4n) is 2.70. The minimum Gasteiger partial charge on any atom is -0.368 e. The summed E-state index contributed by atoms with van der Waals surface area (Å²) in [5.74, 6) is -0.223. The van der Waals surface area contributed by atoms with Crippen LogP contribution in [0.2, 0.25) is 0 Å². The number of nitrogens with zero attached hydrogens (tertiary/aromatic N) is 3. The number of anilines is 2. The van der Waals surface area contributed by atoms with Crippen LogP contribution in [0, 0.1) is 17.1 Å². The van der Waals surface area contributed by atoms with Gasteiger partial charge in [0.05, 0.1) is 11.3 Å². The highest BCUT2D eigenvalue weighted by molar-refractivity contribution is 7.80. The highest BCUT2D eigenvalue weighted by Gasteiger charge is 2.19. The molecule has 24 heavy (non-hydrogen) atoms. The van der Waals surface area contributed by atoms with E-state index in [1.54, 1.807) is 18.2 Å². The Morgan fingerprint density at radius 1 is 1.04 bits per heavy atom. The Bertz CT molecular complexity index is 761. The van der Waals surface area contributed by atoms with Crippen molar-refractivity contribution >= 4 is 28.7 Å². The van der Waals surface area contributed by atoms with Gasteiger partial charge in [0.25, 0.3) is 0 Å². The van der Waals surface area contributed by atoms with Crippen LogP contribution in [0.1, 0.15) is 5.56 Å². The van der Waals surface area contributed by atoms with Gasteiger partial charge in [-0.1, -0.05) is 12.1 Å². The number of nitrogens with one attached hydrogen (secondary N) is 1. The molecule has 2 aromatic rings. The first-order valence-electron chi connectivity index (χ1n) is 7.73. The summed E-state index contributed by atoms with van der Waals surface area (Å²) >= 11 is 5.47. The molecule has 0 unspecified atom stereocenters. The lowest BCUT2D eigenvalue weighted by atomic mass is 10.2. The Balaban J connectivity index is 1.59. The second-order valence-corrected chi connectivity index (χ2v) is 5.92. The number of hydrogen-bond donors (Lipinski definition) is 1. The lowest BCUT2D eigenvalue weighted by Crippen LogP contribution is -2.50. The van der Waals surface area contributed by atoms with Crippen LogP contribution in [0.4, 0.5) is 15.8 Å². The van der Waals surface area contributed by atoms with Crippen molar-refractivity contribution in [3.8, 4) is 6.07 Å². The Kier molecular flexibility index (Phi) is 4.92. The third-order valence-corrected chi connectivity index (χ3v) is 4.41. The molecule has 0 aliphatic carbocycles. The summed E-state index contributed by atoms with van der Waals surface area (Å²) < 4.78 is 13.0. The zero-order valence-electron chi connectivity index (χ0n) is 13.1. The molecule has 0 aromatic heterocycles. The van der Waals surface area contributed by atoms with Gasteiger partial charge >= 0.3 is 0 Å². The van der Waals surface area contributed by atoms with Crippen molar-refractivity contribution in [3.63, 3.8) is 0 Å². The maximum Gasteiger partial charge on any atom is 0.173 e. The van der Waals surface area contributed by atoms with Gasteiger partial charge in [-0.05, 0) is 48.6 Å². The standard InChI is InChI=1S/C18H17FN4S/c19-15-5-7-16(8-6-15)22-9-11-23(12-10-22)18(24)21-17-4-2-1-3-14(17)13-20/h1-8H,9-12H2,(H,21,24). The predicted octanol–water partition coefficient (Wildman–Crippen LogP) is 3.22. The van der Waals surface area contributed by atoms with Gasteiger partial charge in [0.15, 0.2) is 5.11 Å². The second kappa shape index (κ2) is 7.28. The maximum atomic E-state index is 13.0. The predicted molar refractivity (Wildman–Crippen MR) is 97.6 cm³/mol. The van der Waals surface area contributed by atoms with Gasteiger partial charge in [-0.3, -0.25) is 0 Å². The van der Waals surface area contributed by atoms with Gasteiger partial charge in [-0.25, -0.2) is 4.39 Å². The normalized spacial score (nSPS) is 14.2. The van der Waals surface area contributed by atoms with Crippen LogP contribution in [0.25, 0.3) is 0 Å². The van der Waals surface area contributed by atoms with Crippen LogP contribution in [-0.2, 0) is 0 Å². The molecule has 1 aliphatic heterocycles. The number of hydrogen-bond acceptors (Lipinski definition) is 3. The van der Waals surface area contributed by atoms with E-state index in [-0.39, 0.29) is 5.82 Å². The van der Waals surface area contributed by atoms with Crippen molar-refractivity contribution in [1.29, 1.82) is 5.26 Å². The first-order chi connectivity index (χ1) is 11.7. The molecule has 0 saturated carbocycles. The van der Waals surface area contributed by atoms with Gasteiger partial charge in [0.1, 0.15) is 11.9 Å². The van der Waals surface area contributed by atoms with E-state index in [1.807, 2.05) is 18.2 Å². The zero-order chi connectivity index (χ0) is 16.9. The molecule has 6 heteroatoms. The monoisotopic (exact) mass is 340 g/mol. The van der Waals surface area contributed by atoms with E-state index in [0.29, 0.717) is 10.7 Å². The summed E-state index contributed by atoms with van der Waals surface area (Å²) in [6.07, 6.45) is 0. The van der Waals surface area contributed by atoms with Crippen molar-refractivity contribution in [2.75, 3.05) is 36.4 Å². The molecule has 122 valence electrons. The fourth-order valence-corrected chi connectivity index (χ4v) is 3.00. The van der Waals surface area contributed by atoms with Gasteiger partial charge < -0.3 is 15.1 Å². The Morgan fingerprint density at radius 2 is 1.71 bits per heavy atom. The lowest BCUT2D eigenvalue weighted by molar-refractivity contribution is 0.391. The molecule has 0 spiro atoms. The Labute approximate surface area is 146 Å². The first-order valence-corrected chi connectivity index (χ1v) is 8.14. The SMILES string of the molecule is N#Cc1ccccc1NC(=S)N1CCN(c2ccc(F)cc2)CC1. The largest absolute Gasteiger partial charge is 0.368 e. The van der Waals surface area contributed by atoms with Crippen LogP contribution in [-0.4, -0.2) is 36.2 Å². The molecular weight excluding hydrogens is 323 g/mol. The second-order valence-electron chi connectivity index (χ2n) is 5.54. The molecule has 0 atom stereocenters. The summed E-state index contributed by atoms with van der Waals surface area (Å²) in [7, 11) is 0. The van der Waals surface area contributed by atoms with Crippen LogP contribution < -0.4 is 10.2 Å². The molecule has 1 heterocycles. The molecule has 2 aromatic carbocycles. The maximum absolute atomic E-state index is 13.0. The van der Waals surface area contributed by atoms with Gasteiger partial charge in [0, 0.05) is 31.9 Å². The molecular formula is C18H17FN4S. The summed E-state index contributed by atoms with van der Waals surface area (Å²) in [5, 5.41) is 12.9. The molecule has 3 rings (SSSR count). The van der Waals surface area contributed by atoms with E-state index in [4.69, 9.17) is 17.5 Å². The average Bonchev–Trinajstić information content (AvgIpc) is 2.63. The molecule has 0 bridgehead atoms.